The lowest BCUT2D eigenvalue weighted by Gasteiger charge is -2.22. The molecule has 102 valence electrons. The Kier molecular flexibility index (Phi) is 3.99. The van der Waals surface area contributed by atoms with E-state index in [1.54, 1.807) is 0 Å². The van der Waals surface area contributed by atoms with Crippen LogP contribution in [-0.2, 0) is 11.8 Å². The van der Waals surface area contributed by atoms with Gasteiger partial charge in [0, 0.05) is 5.41 Å². The van der Waals surface area contributed by atoms with Crippen LogP contribution in [0.3, 0.4) is 0 Å². The van der Waals surface area contributed by atoms with E-state index in [0.717, 1.165) is 6.42 Å². The zero-order valence-corrected chi connectivity index (χ0v) is 13.0. The van der Waals surface area contributed by atoms with Gasteiger partial charge in [-0.3, -0.25) is 0 Å². The van der Waals surface area contributed by atoms with Crippen molar-refractivity contribution in [1.29, 1.82) is 0 Å². The van der Waals surface area contributed by atoms with Gasteiger partial charge in [0.05, 0.1) is 0 Å². The maximum atomic E-state index is 2.43. The summed E-state index contributed by atoms with van der Waals surface area (Å²) in [6.07, 6.45) is 8.17. The van der Waals surface area contributed by atoms with Gasteiger partial charge < -0.3 is 0 Å². The molecule has 1 aromatic carbocycles. The maximum absolute atomic E-state index is 2.43. The van der Waals surface area contributed by atoms with Crippen LogP contribution in [0.4, 0.5) is 0 Å². The van der Waals surface area contributed by atoms with Crippen molar-refractivity contribution >= 4 is 5.57 Å². The van der Waals surface area contributed by atoms with Crippen molar-refractivity contribution in [3.63, 3.8) is 0 Å². The third kappa shape index (κ3) is 2.29. The molecule has 19 heavy (non-hydrogen) atoms. The largest absolute Gasteiger partial charge is 0.0801 e. The second-order valence-corrected chi connectivity index (χ2v) is 5.98. The normalized spacial score (nSPS) is 21.1. The molecule has 0 radical (unpaired) electrons. The lowest BCUT2D eigenvalue weighted by Crippen LogP contribution is -2.15. The molecule has 0 saturated carbocycles. The van der Waals surface area contributed by atoms with Crippen molar-refractivity contribution in [3.05, 3.63) is 52.6 Å². The molecule has 2 rings (SSSR count). The molecule has 1 aromatic rings. The smallest absolute Gasteiger partial charge is 0.0155 e. The Balaban J connectivity index is 2.61. The fourth-order valence-corrected chi connectivity index (χ4v) is 3.29. The van der Waals surface area contributed by atoms with E-state index < -0.39 is 0 Å². The first-order valence-corrected chi connectivity index (χ1v) is 7.57. The Morgan fingerprint density at radius 3 is 2.47 bits per heavy atom. The van der Waals surface area contributed by atoms with Gasteiger partial charge in [-0.15, -0.1) is 0 Å². The molecule has 1 aliphatic carbocycles. The number of hydrogen-bond donors (Lipinski definition) is 0. The van der Waals surface area contributed by atoms with Crippen molar-refractivity contribution < 1.29 is 0 Å². The zero-order valence-electron chi connectivity index (χ0n) is 13.0. The van der Waals surface area contributed by atoms with Gasteiger partial charge in [-0.25, -0.2) is 0 Å². The van der Waals surface area contributed by atoms with Gasteiger partial charge in [-0.1, -0.05) is 64.5 Å². The average molecular weight is 254 g/mol. The van der Waals surface area contributed by atoms with Crippen LogP contribution < -0.4 is 0 Å². The zero-order chi connectivity index (χ0) is 14.0. The first-order chi connectivity index (χ1) is 9.06. The van der Waals surface area contributed by atoms with Crippen molar-refractivity contribution in [2.75, 3.05) is 0 Å². The average Bonchev–Trinajstić information content (AvgIpc) is 2.59. The van der Waals surface area contributed by atoms with Crippen molar-refractivity contribution in [2.24, 2.45) is 0 Å². The predicted octanol–water partition coefficient (Wildman–Crippen LogP) is 5.67. The molecule has 0 aliphatic heterocycles. The quantitative estimate of drug-likeness (QED) is 0.652. The van der Waals surface area contributed by atoms with Crippen LogP contribution in [0.15, 0.2) is 35.9 Å². The molecule has 1 aliphatic rings. The van der Waals surface area contributed by atoms with Crippen LogP contribution >= 0.6 is 0 Å². The highest BCUT2D eigenvalue weighted by molar-refractivity contribution is 5.89. The molecule has 0 heterocycles. The molecule has 0 aromatic heterocycles. The molecule has 0 heteroatoms. The number of fused-ring (bicyclic) bond motifs is 1. The van der Waals surface area contributed by atoms with E-state index in [1.807, 2.05) is 0 Å². The second-order valence-electron chi connectivity index (χ2n) is 5.98. The summed E-state index contributed by atoms with van der Waals surface area (Å²) in [4.78, 5) is 0. The van der Waals surface area contributed by atoms with Crippen molar-refractivity contribution in [1.82, 2.24) is 0 Å². The fraction of sp³-hybridized carbons (Fsp3) is 0.474. The van der Waals surface area contributed by atoms with Gasteiger partial charge in [0.15, 0.2) is 0 Å². The number of benzene rings is 1. The lowest BCUT2D eigenvalue weighted by molar-refractivity contribution is 0.656. The maximum Gasteiger partial charge on any atom is 0.0155 e. The second kappa shape index (κ2) is 5.36. The highest BCUT2D eigenvalue weighted by Gasteiger charge is 2.37. The molecule has 0 atom stereocenters. The van der Waals surface area contributed by atoms with Gasteiger partial charge in [-0.2, -0.15) is 0 Å². The first kappa shape index (κ1) is 14.1. The number of hydrogen-bond acceptors (Lipinski definition) is 0. The van der Waals surface area contributed by atoms with E-state index in [0.29, 0.717) is 0 Å². The van der Waals surface area contributed by atoms with Gasteiger partial charge in [0.25, 0.3) is 0 Å². The SMILES string of the molecule is C/C=C1\C(=C/CC)C(C)(C)c2cc(CCC)ccc21. The number of allylic oxidation sites excluding steroid dienone is 4. The summed E-state index contributed by atoms with van der Waals surface area (Å²) in [5.41, 5.74) is 7.50. The van der Waals surface area contributed by atoms with Gasteiger partial charge >= 0.3 is 0 Å². The highest BCUT2D eigenvalue weighted by Crippen LogP contribution is 2.49. The fourth-order valence-electron chi connectivity index (χ4n) is 3.29. The molecule has 0 fully saturated rings. The molecule has 0 bridgehead atoms. The minimum atomic E-state index is 0.150. The minimum Gasteiger partial charge on any atom is -0.0801 e. The van der Waals surface area contributed by atoms with Crippen LogP contribution in [0.5, 0.6) is 0 Å². The van der Waals surface area contributed by atoms with Gasteiger partial charge in [0.2, 0.25) is 0 Å². The van der Waals surface area contributed by atoms with Crippen molar-refractivity contribution in [2.45, 2.75) is 59.3 Å². The summed E-state index contributed by atoms with van der Waals surface area (Å²) in [6, 6.07) is 7.06. The number of aryl methyl sites for hydroxylation is 1. The van der Waals surface area contributed by atoms with Crippen LogP contribution in [0, 0.1) is 0 Å². The van der Waals surface area contributed by atoms with Gasteiger partial charge in [-0.05, 0) is 47.6 Å². The van der Waals surface area contributed by atoms with Crippen LogP contribution in [0.25, 0.3) is 5.57 Å². The monoisotopic (exact) mass is 254 g/mol. The van der Waals surface area contributed by atoms with Crippen LogP contribution in [0.1, 0.15) is 64.2 Å². The third-order valence-electron chi connectivity index (χ3n) is 4.25. The molecule has 0 amide bonds. The Morgan fingerprint density at radius 2 is 1.89 bits per heavy atom. The summed E-state index contributed by atoms with van der Waals surface area (Å²) >= 11 is 0. The molecule has 0 N–H and O–H groups in total. The molecule has 0 saturated heterocycles. The van der Waals surface area contributed by atoms with Crippen molar-refractivity contribution in [3.8, 4) is 0 Å². The van der Waals surface area contributed by atoms with E-state index in [-0.39, 0.29) is 5.41 Å². The molecule has 0 nitrogen and oxygen atoms in total. The van der Waals surface area contributed by atoms with E-state index in [4.69, 9.17) is 0 Å². The lowest BCUT2D eigenvalue weighted by atomic mass is 9.81. The Labute approximate surface area is 118 Å². The summed E-state index contributed by atoms with van der Waals surface area (Å²) in [6.45, 7) is 11.4. The first-order valence-electron chi connectivity index (χ1n) is 7.57. The molecule has 0 unspecified atom stereocenters. The van der Waals surface area contributed by atoms with Crippen LogP contribution in [-0.4, -0.2) is 0 Å². The minimum absolute atomic E-state index is 0.150. The van der Waals surface area contributed by atoms with E-state index in [1.165, 1.54) is 40.7 Å². The Hall–Kier alpha value is -1.30. The summed E-state index contributed by atoms with van der Waals surface area (Å²) in [5.74, 6) is 0. The standard InChI is InChI=1S/C19H26/c1-6-9-14-11-12-16-15(8-3)17(10-7-2)19(4,5)18(16)13-14/h8,10-13H,6-7,9H2,1-5H3/b15-8-,17-10+. The highest BCUT2D eigenvalue weighted by atomic mass is 14.4. The Morgan fingerprint density at radius 1 is 1.16 bits per heavy atom. The molecular weight excluding hydrogens is 228 g/mol. The van der Waals surface area contributed by atoms with Crippen LogP contribution in [0.2, 0.25) is 0 Å². The summed E-state index contributed by atoms with van der Waals surface area (Å²) in [5, 5.41) is 0. The molecule has 0 spiro atoms. The third-order valence-corrected chi connectivity index (χ3v) is 4.25. The Bertz CT molecular complexity index is 527. The summed E-state index contributed by atoms with van der Waals surface area (Å²) in [7, 11) is 0. The predicted molar refractivity (Wildman–Crippen MR) is 85.5 cm³/mol. The molecular formula is C19H26. The van der Waals surface area contributed by atoms with E-state index in [2.05, 4.69) is 65.0 Å². The topological polar surface area (TPSA) is 0 Å². The van der Waals surface area contributed by atoms with E-state index >= 15 is 0 Å². The van der Waals surface area contributed by atoms with Gasteiger partial charge in [0.1, 0.15) is 0 Å². The summed E-state index contributed by atoms with van der Waals surface area (Å²) < 4.78 is 0. The number of rotatable bonds is 3. The van der Waals surface area contributed by atoms with E-state index in [9.17, 15) is 0 Å².